The summed E-state index contributed by atoms with van der Waals surface area (Å²) in [4.78, 5) is 0. The number of hydrogen-bond donors (Lipinski definition) is 2. The van der Waals surface area contributed by atoms with Crippen LogP contribution in [0.4, 0.5) is 23.2 Å². The highest BCUT2D eigenvalue weighted by Crippen LogP contribution is 2.33. The Bertz CT molecular complexity index is 335. The predicted octanol–water partition coefficient (Wildman–Crippen LogP) is 1.97. The van der Waals surface area contributed by atoms with E-state index < -0.39 is 23.6 Å². The fourth-order valence-electron chi connectivity index (χ4n) is 0.991. The lowest BCUT2D eigenvalue weighted by molar-refractivity contribution is -0.149. The fraction of sp³-hybridized carbons (Fsp3) is 0.250. The molecular weight excluding hydrogens is 200 g/mol. The lowest BCUT2D eigenvalue weighted by Crippen LogP contribution is -2.29. The van der Waals surface area contributed by atoms with E-state index in [2.05, 4.69) is 0 Å². The number of benzene rings is 1. The molecule has 0 aliphatic heterocycles. The Morgan fingerprint density at radius 1 is 1.21 bits per heavy atom. The Labute approximate surface area is 77.5 Å². The molecule has 1 aromatic carbocycles. The van der Waals surface area contributed by atoms with Crippen LogP contribution in [-0.4, -0.2) is 6.18 Å². The molecule has 0 aromatic heterocycles. The van der Waals surface area contributed by atoms with Crippen LogP contribution in [-0.2, 0) is 0 Å². The first-order chi connectivity index (χ1) is 6.32. The summed E-state index contributed by atoms with van der Waals surface area (Å²) in [6, 6.07) is 0.462. The molecule has 0 saturated heterocycles. The Kier molecular flexibility index (Phi) is 2.66. The molecule has 6 heteroatoms. The smallest absolute Gasteiger partial charge is 0.398 e. The van der Waals surface area contributed by atoms with E-state index >= 15 is 0 Å². The van der Waals surface area contributed by atoms with Gasteiger partial charge in [-0.1, -0.05) is 0 Å². The summed E-state index contributed by atoms with van der Waals surface area (Å²) in [5.74, 6) is -0.797. The number of hydrogen-bond acceptors (Lipinski definition) is 2. The summed E-state index contributed by atoms with van der Waals surface area (Å²) in [5, 5.41) is 0. The van der Waals surface area contributed by atoms with Crippen molar-refractivity contribution in [3.05, 3.63) is 29.6 Å². The van der Waals surface area contributed by atoms with Gasteiger partial charge < -0.3 is 11.5 Å². The largest absolute Gasteiger partial charge is 0.407 e. The van der Waals surface area contributed by atoms with Crippen LogP contribution in [0.15, 0.2) is 18.2 Å². The molecule has 4 N–H and O–H groups in total. The first kappa shape index (κ1) is 10.8. The van der Waals surface area contributed by atoms with Gasteiger partial charge in [-0.15, -0.1) is 0 Å². The molecule has 0 aliphatic carbocycles. The summed E-state index contributed by atoms with van der Waals surface area (Å²) < 4.78 is 49.0. The zero-order valence-corrected chi connectivity index (χ0v) is 6.98. The highest BCUT2D eigenvalue weighted by atomic mass is 19.4. The molecule has 0 saturated carbocycles. The Morgan fingerprint density at radius 2 is 1.79 bits per heavy atom. The highest BCUT2D eigenvalue weighted by molar-refractivity contribution is 5.48. The summed E-state index contributed by atoms with van der Waals surface area (Å²) in [5.41, 5.74) is 9.49. The maximum Gasteiger partial charge on any atom is 0.407 e. The number of nitrogen functional groups attached to an aromatic ring is 1. The van der Waals surface area contributed by atoms with E-state index in [-0.39, 0.29) is 5.69 Å². The molecule has 1 aromatic rings. The van der Waals surface area contributed by atoms with E-state index in [0.29, 0.717) is 6.07 Å². The molecule has 2 nitrogen and oxygen atoms in total. The Morgan fingerprint density at radius 3 is 2.29 bits per heavy atom. The summed E-state index contributed by atoms with van der Waals surface area (Å²) in [6.45, 7) is 0. The molecule has 0 fully saturated rings. The second-order valence-corrected chi connectivity index (χ2v) is 2.79. The lowest BCUT2D eigenvalue weighted by atomic mass is 10.1. The SMILES string of the molecule is Nc1ccc(F)cc1[C@H](N)C(F)(F)F. The quantitative estimate of drug-likeness (QED) is 0.547. The second kappa shape index (κ2) is 3.45. The van der Waals surface area contributed by atoms with Gasteiger partial charge in [-0.3, -0.25) is 0 Å². The van der Waals surface area contributed by atoms with Crippen molar-refractivity contribution in [2.75, 3.05) is 5.73 Å². The summed E-state index contributed by atoms with van der Waals surface area (Å²) in [6.07, 6.45) is -4.62. The number of nitrogens with two attached hydrogens (primary N) is 2. The number of rotatable bonds is 1. The third-order valence-corrected chi connectivity index (χ3v) is 1.74. The van der Waals surface area contributed by atoms with Crippen molar-refractivity contribution in [3.8, 4) is 0 Å². The highest BCUT2D eigenvalue weighted by Gasteiger charge is 2.38. The molecule has 0 bridgehead atoms. The van der Waals surface area contributed by atoms with Crippen molar-refractivity contribution in [1.29, 1.82) is 0 Å². The minimum absolute atomic E-state index is 0.170. The van der Waals surface area contributed by atoms with Gasteiger partial charge in [0.2, 0.25) is 0 Å². The molecule has 78 valence electrons. The third kappa shape index (κ3) is 2.14. The molecule has 0 unspecified atom stereocenters. The number of halogens is 4. The van der Waals surface area contributed by atoms with Crippen LogP contribution >= 0.6 is 0 Å². The number of alkyl halides is 3. The van der Waals surface area contributed by atoms with E-state index in [9.17, 15) is 17.6 Å². The van der Waals surface area contributed by atoms with Crippen molar-refractivity contribution in [2.45, 2.75) is 12.2 Å². The Hall–Kier alpha value is -1.30. The van der Waals surface area contributed by atoms with Crippen LogP contribution < -0.4 is 11.5 Å². The number of anilines is 1. The average Bonchev–Trinajstić information content (AvgIpc) is 2.06. The maximum absolute atomic E-state index is 12.6. The van der Waals surface area contributed by atoms with E-state index in [1.54, 1.807) is 0 Å². The molecule has 1 rings (SSSR count). The summed E-state index contributed by atoms with van der Waals surface area (Å²) in [7, 11) is 0. The molecule has 0 radical (unpaired) electrons. The van der Waals surface area contributed by atoms with Crippen LogP contribution in [0.1, 0.15) is 11.6 Å². The first-order valence-electron chi connectivity index (χ1n) is 3.69. The van der Waals surface area contributed by atoms with Crippen LogP contribution in [0.25, 0.3) is 0 Å². The molecular formula is C8H8F4N2. The van der Waals surface area contributed by atoms with Gasteiger partial charge in [0.15, 0.2) is 0 Å². The van der Waals surface area contributed by atoms with E-state index in [4.69, 9.17) is 11.5 Å². The topological polar surface area (TPSA) is 52.0 Å². The lowest BCUT2D eigenvalue weighted by Gasteiger charge is -2.17. The van der Waals surface area contributed by atoms with Crippen molar-refractivity contribution in [1.82, 2.24) is 0 Å². The van der Waals surface area contributed by atoms with Crippen LogP contribution in [0.3, 0.4) is 0 Å². The van der Waals surface area contributed by atoms with E-state index in [1.807, 2.05) is 0 Å². The Balaban J connectivity index is 3.12. The van der Waals surface area contributed by atoms with Crippen molar-refractivity contribution in [3.63, 3.8) is 0 Å². The second-order valence-electron chi connectivity index (χ2n) is 2.79. The minimum atomic E-state index is -4.62. The van der Waals surface area contributed by atoms with Gasteiger partial charge in [0, 0.05) is 11.3 Å². The predicted molar refractivity (Wildman–Crippen MR) is 43.8 cm³/mol. The monoisotopic (exact) mass is 208 g/mol. The van der Waals surface area contributed by atoms with Crippen molar-refractivity contribution in [2.24, 2.45) is 5.73 Å². The van der Waals surface area contributed by atoms with Crippen LogP contribution in [0, 0.1) is 5.82 Å². The van der Waals surface area contributed by atoms with Gasteiger partial charge in [-0.25, -0.2) is 4.39 Å². The first-order valence-corrected chi connectivity index (χ1v) is 3.69. The third-order valence-electron chi connectivity index (χ3n) is 1.74. The van der Waals surface area contributed by atoms with Crippen molar-refractivity contribution < 1.29 is 17.6 Å². The van der Waals surface area contributed by atoms with Gasteiger partial charge in [-0.05, 0) is 18.2 Å². The fourth-order valence-corrected chi connectivity index (χ4v) is 0.991. The van der Waals surface area contributed by atoms with Crippen LogP contribution in [0.5, 0.6) is 0 Å². The molecule has 0 amide bonds. The van der Waals surface area contributed by atoms with Gasteiger partial charge in [-0.2, -0.15) is 13.2 Å². The van der Waals surface area contributed by atoms with Gasteiger partial charge in [0.05, 0.1) is 0 Å². The molecule has 14 heavy (non-hydrogen) atoms. The molecule has 0 heterocycles. The normalized spacial score (nSPS) is 14.1. The minimum Gasteiger partial charge on any atom is -0.398 e. The maximum atomic E-state index is 12.6. The standard InChI is InChI=1S/C8H8F4N2/c9-4-1-2-6(13)5(3-4)7(14)8(10,11)12/h1-3,7H,13-14H2/t7-/m0/s1. The van der Waals surface area contributed by atoms with Gasteiger partial charge >= 0.3 is 6.18 Å². The zero-order valence-electron chi connectivity index (χ0n) is 6.98. The molecule has 1 atom stereocenters. The average molecular weight is 208 g/mol. The van der Waals surface area contributed by atoms with Gasteiger partial charge in [0.1, 0.15) is 11.9 Å². The van der Waals surface area contributed by atoms with E-state index in [1.165, 1.54) is 0 Å². The van der Waals surface area contributed by atoms with Crippen molar-refractivity contribution >= 4 is 5.69 Å². The molecule has 0 spiro atoms. The summed E-state index contributed by atoms with van der Waals surface area (Å²) >= 11 is 0. The van der Waals surface area contributed by atoms with Crippen LogP contribution in [0.2, 0.25) is 0 Å². The van der Waals surface area contributed by atoms with E-state index in [0.717, 1.165) is 12.1 Å². The molecule has 0 aliphatic rings. The van der Waals surface area contributed by atoms with Gasteiger partial charge in [0.25, 0.3) is 0 Å². The zero-order chi connectivity index (χ0) is 10.9.